The molecule has 7 aromatic carbocycles. The summed E-state index contributed by atoms with van der Waals surface area (Å²) in [4.78, 5) is 20.5. The average molecular weight is 653 g/mol. The summed E-state index contributed by atoms with van der Waals surface area (Å²) in [5, 5.41) is 5.33. The van der Waals surface area contributed by atoms with Crippen molar-refractivity contribution >= 4 is 43.6 Å². The minimum Gasteiger partial charge on any atom is -0.455 e. The maximum atomic E-state index is 6.94. The molecule has 0 saturated carbocycles. The van der Waals surface area contributed by atoms with E-state index in [1.165, 1.54) is 0 Å². The lowest BCUT2D eigenvalue weighted by Crippen LogP contribution is -2.00. The molecule has 0 unspecified atom stereocenters. The van der Waals surface area contributed by atoms with Crippen molar-refractivity contribution in [3.05, 3.63) is 170 Å². The van der Waals surface area contributed by atoms with E-state index >= 15 is 0 Å². The second-order valence-electron chi connectivity index (χ2n) is 12.6. The number of rotatable bonds is 5. The van der Waals surface area contributed by atoms with Gasteiger partial charge < -0.3 is 4.42 Å². The first-order chi connectivity index (χ1) is 25.3. The number of aromatic nitrogens is 4. The van der Waals surface area contributed by atoms with Gasteiger partial charge in [0, 0.05) is 43.8 Å². The first-order valence-electron chi connectivity index (χ1n) is 17.0. The van der Waals surface area contributed by atoms with Gasteiger partial charge in [0.25, 0.3) is 0 Å². The van der Waals surface area contributed by atoms with E-state index in [1.807, 2.05) is 72.8 Å². The highest BCUT2D eigenvalue weighted by Crippen LogP contribution is 2.43. The molecule has 3 aromatic heterocycles. The summed E-state index contributed by atoms with van der Waals surface area (Å²) in [5.74, 6) is 1.71. The van der Waals surface area contributed by atoms with Crippen LogP contribution in [0.5, 0.6) is 0 Å². The standard InChI is InChI=1S/C46H28N4O/c1-4-15-29(16-5-1)33-24-14-25-37-38-27-32(41-36-23-11-10-21-34(36)35-22-12-13-26-40(35)47-41)28-39(43(38)51-42(33)37)46-49-44(30-17-6-2-7-18-30)48-45(50-46)31-19-8-3-9-20-31/h1-28H. The Morgan fingerprint density at radius 1 is 0.314 bits per heavy atom. The fourth-order valence-electron chi connectivity index (χ4n) is 7.10. The number of hydrogen-bond acceptors (Lipinski definition) is 5. The van der Waals surface area contributed by atoms with Gasteiger partial charge in [-0.05, 0) is 29.1 Å². The summed E-state index contributed by atoms with van der Waals surface area (Å²) in [5.41, 5.74) is 9.01. The molecule has 0 amide bonds. The molecule has 238 valence electrons. The molecular formula is C46H28N4O. The fraction of sp³-hybridized carbons (Fsp3) is 0. The fourth-order valence-corrected chi connectivity index (χ4v) is 7.10. The van der Waals surface area contributed by atoms with Gasteiger partial charge in [-0.25, -0.2) is 19.9 Å². The van der Waals surface area contributed by atoms with Crippen molar-refractivity contribution < 1.29 is 4.42 Å². The summed E-state index contributed by atoms with van der Waals surface area (Å²) >= 11 is 0. The van der Waals surface area contributed by atoms with E-state index in [9.17, 15) is 0 Å². The molecule has 0 bridgehead atoms. The highest BCUT2D eigenvalue weighted by Gasteiger charge is 2.22. The smallest absolute Gasteiger partial charge is 0.167 e. The van der Waals surface area contributed by atoms with Crippen LogP contribution in [0.2, 0.25) is 0 Å². The number of fused-ring (bicyclic) bond motifs is 6. The summed E-state index contributed by atoms with van der Waals surface area (Å²) in [6.45, 7) is 0. The van der Waals surface area contributed by atoms with E-state index in [0.29, 0.717) is 23.1 Å². The maximum absolute atomic E-state index is 6.94. The highest BCUT2D eigenvalue weighted by atomic mass is 16.3. The lowest BCUT2D eigenvalue weighted by molar-refractivity contribution is 0.670. The third-order valence-electron chi connectivity index (χ3n) is 9.51. The third kappa shape index (κ3) is 4.94. The Kier molecular flexibility index (Phi) is 6.74. The van der Waals surface area contributed by atoms with Crippen molar-refractivity contribution in [2.45, 2.75) is 0 Å². The molecule has 3 heterocycles. The minimum atomic E-state index is 0.528. The maximum Gasteiger partial charge on any atom is 0.167 e. The Bertz CT molecular complexity index is 2840. The molecule has 0 aliphatic heterocycles. The lowest BCUT2D eigenvalue weighted by Gasteiger charge is -2.12. The van der Waals surface area contributed by atoms with Crippen molar-refractivity contribution in [2.75, 3.05) is 0 Å². The first kappa shape index (κ1) is 29.0. The molecule has 51 heavy (non-hydrogen) atoms. The van der Waals surface area contributed by atoms with Crippen LogP contribution in [0.15, 0.2) is 174 Å². The molecule has 0 aliphatic rings. The zero-order valence-electron chi connectivity index (χ0n) is 27.4. The summed E-state index contributed by atoms with van der Waals surface area (Å²) in [7, 11) is 0. The third-order valence-corrected chi connectivity index (χ3v) is 9.51. The Balaban J connectivity index is 1.32. The molecule has 0 radical (unpaired) electrons. The summed E-state index contributed by atoms with van der Waals surface area (Å²) < 4.78 is 6.94. The van der Waals surface area contributed by atoms with Crippen LogP contribution in [0.25, 0.3) is 100 Å². The van der Waals surface area contributed by atoms with Crippen LogP contribution in [0, 0.1) is 0 Å². The van der Waals surface area contributed by atoms with Gasteiger partial charge in [-0.3, -0.25) is 0 Å². The van der Waals surface area contributed by atoms with Gasteiger partial charge in [-0.2, -0.15) is 0 Å². The Hall–Kier alpha value is -6.98. The lowest BCUT2D eigenvalue weighted by atomic mass is 9.96. The van der Waals surface area contributed by atoms with Crippen LogP contribution in [0.1, 0.15) is 0 Å². The highest BCUT2D eigenvalue weighted by molar-refractivity contribution is 6.16. The van der Waals surface area contributed by atoms with E-state index in [-0.39, 0.29) is 0 Å². The number of para-hydroxylation sites is 2. The van der Waals surface area contributed by atoms with Crippen LogP contribution in [0.4, 0.5) is 0 Å². The van der Waals surface area contributed by atoms with Gasteiger partial charge in [-0.1, -0.05) is 152 Å². The van der Waals surface area contributed by atoms with Gasteiger partial charge in [0.1, 0.15) is 11.2 Å². The predicted octanol–water partition coefficient (Wildman–Crippen LogP) is 11.8. The molecule has 0 spiro atoms. The second-order valence-corrected chi connectivity index (χ2v) is 12.6. The molecule has 10 aromatic rings. The van der Waals surface area contributed by atoms with E-state index in [2.05, 4.69) is 97.1 Å². The minimum absolute atomic E-state index is 0.528. The topological polar surface area (TPSA) is 64.7 Å². The van der Waals surface area contributed by atoms with Crippen molar-refractivity contribution in [3.8, 4) is 56.5 Å². The summed E-state index contributed by atoms with van der Waals surface area (Å²) in [6, 6.07) is 58.0. The van der Waals surface area contributed by atoms with Gasteiger partial charge in [-0.15, -0.1) is 0 Å². The monoisotopic (exact) mass is 652 g/mol. The zero-order valence-corrected chi connectivity index (χ0v) is 27.4. The van der Waals surface area contributed by atoms with Gasteiger partial charge >= 0.3 is 0 Å². The Morgan fingerprint density at radius 2 is 0.843 bits per heavy atom. The summed E-state index contributed by atoms with van der Waals surface area (Å²) in [6.07, 6.45) is 0. The SMILES string of the molecule is c1ccc(-c2nc(-c3ccccc3)nc(-c3cc(-c4nc5ccccc5c5ccccc45)cc4c3oc3c(-c5ccccc5)cccc34)n2)cc1. The van der Waals surface area contributed by atoms with E-state index in [0.717, 1.165) is 77.1 Å². The first-order valence-corrected chi connectivity index (χ1v) is 17.0. The van der Waals surface area contributed by atoms with Crippen LogP contribution in [-0.4, -0.2) is 19.9 Å². The van der Waals surface area contributed by atoms with Crippen LogP contribution >= 0.6 is 0 Å². The molecule has 5 heteroatoms. The van der Waals surface area contributed by atoms with E-state index in [4.69, 9.17) is 24.4 Å². The van der Waals surface area contributed by atoms with Crippen molar-refractivity contribution in [3.63, 3.8) is 0 Å². The number of pyridine rings is 1. The normalized spacial score (nSPS) is 11.5. The average Bonchev–Trinajstić information content (AvgIpc) is 3.60. The molecule has 0 fully saturated rings. The van der Waals surface area contributed by atoms with E-state index < -0.39 is 0 Å². The van der Waals surface area contributed by atoms with E-state index in [1.54, 1.807) is 0 Å². The quantitative estimate of drug-likeness (QED) is 0.173. The number of hydrogen-bond donors (Lipinski definition) is 0. The number of benzene rings is 7. The number of nitrogens with zero attached hydrogens (tertiary/aromatic N) is 4. The molecule has 5 nitrogen and oxygen atoms in total. The molecule has 0 N–H and O–H groups in total. The van der Waals surface area contributed by atoms with Gasteiger partial charge in [0.05, 0.1) is 16.8 Å². The number of furan rings is 1. The van der Waals surface area contributed by atoms with Crippen molar-refractivity contribution in [2.24, 2.45) is 0 Å². The zero-order chi connectivity index (χ0) is 33.7. The van der Waals surface area contributed by atoms with Crippen LogP contribution in [-0.2, 0) is 0 Å². The van der Waals surface area contributed by atoms with Crippen LogP contribution < -0.4 is 0 Å². The molecule has 0 saturated heterocycles. The van der Waals surface area contributed by atoms with Gasteiger partial charge in [0.2, 0.25) is 0 Å². The molecule has 0 aliphatic carbocycles. The van der Waals surface area contributed by atoms with Crippen LogP contribution in [0.3, 0.4) is 0 Å². The van der Waals surface area contributed by atoms with Gasteiger partial charge in [0.15, 0.2) is 17.5 Å². The molecule has 10 rings (SSSR count). The van der Waals surface area contributed by atoms with Crippen molar-refractivity contribution in [1.29, 1.82) is 0 Å². The molecular weight excluding hydrogens is 625 g/mol. The molecule has 0 atom stereocenters. The predicted molar refractivity (Wildman–Crippen MR) is 207 cm³/mol. The van der Waals surface area contributed by atoms with Crippen molar-refractivity contribution in [1.82, 2.24) is 19.9 Å². The Morgan fingerprint density at radius 3 is 1.53 bits per heavy atom. The Labute approximate surface area is 293 Å². The second kappa shape index (κ2) is 11.9. The largest absolute Gasteiger partial charge is 0.455 e.